The molecule has 24 heavy (non-hydrogen) atoms. The number of carbonyl (C=O) groups is 1. The number of benzene rings is 2. The molecule has 4 nitrogen and oxygen atoms in total. The molecule has 4 heteroatoms. The van der Waals surface area contributed by atoms with Gasteiger partial charge in [-0.15, -0.1) is 0 Å². The fourth-order valence-corrected chi connectivity index (χ4v) is 2.88. The van der Waals surface area contributed by atoms with Crippen molar-refractivity contribution in [1.82, 2.24) is 10.3 Å². The van der Waals surface area contributed by atoms with Crippen LogP contribution in [0.15, 0.2) is 71.4 Å². The van der Waals surface area contributed by atoms with Gasteiger partial charge in [0, 0.05) is 22.5 Å². The molecule has 0 spiro atoms. The van der Waals surface area contributed by atoms with Crippen molar-refractivity contribution in [3.8, 4) is 0 Å². The highest BCUT2D eigenvalue weighted by Crippen LogP contribution is 2.28. The summed E-state index contributed by atoms with van der Waals surface area (Å²) in [6, 6.07) is 17.3. The molecule has 0 bridgehead atoms. The number of carbonyl (C=O) groups excluding carboxylic acids is 1. The van der Waals surface area contributed by atoms with Crippen molar-refractivity contribution in [3.63, 3.8) is 0 Å². The predicted molar refractivity (Wildman–Crippen MR) is 93.8 cm³/mol. The average Bonchev–Trinajstić information content (AvgIpc) is 3.00. The third kappa shape index (κ3) is 2.52. The Morgan fingerprint density at radius 1 is 1.04 bits per heavy atom. The number of aromatic nitrogens is 1. The number of furan rings is 1. The molecule has 2 aromatic carbocycles. The molecule has 2 aromatic heterocycles. The van der Waals surface area contributed by atoms with E-state index in [4.69, 9.17) is 4.42 Å². The Morgan fingerprint density at radius 2 is 1.83 bits per heavy atom. The van der Waals surface area contributed by atoms with Gasteiger partial charge in [-0.1, -0.05) is 30.3 Å². The number of pyridine rings is 1. The van der Waals surface area contributed by atoms with Crippen LogP contribution in [0.25, 0.3) is 21.9 Å². The quantitative estimate of drug-likeness (QED) is 0.606. The number of amides is 1. The SMILES string of the molecule is C[C@@H](NC(=O)c1ccc2c(c1)oc1cnccc12)c1ccccc1. The lowest BCUT2D eigenvalue weighted by molar-refractivity contribution is 0.0940. The van der Waals surface area contributed by atoms with Gasteiger partial charge in [0.1, 0.15) is 5.58 Å². The summed E-state index contributed by atoms with van der Waals surface area (Å²) in [5.74, 6) is -0.119. The normalized spacial score (nSPS) is 12.4. The molecular formula is C20H16N2O2. The number of nitrogens with zero attached hydrogens (tertiary/aromatic N) is 1. The van der Waals surface area contributed by atoms with Crippen LogP contribution in [0.3, 0.4) is 0 Å². The zero-order chi connectivity index (χ0) is 16.5. The topological polar surface area (TPSA) is 55.1 Å². The van der Waals surface area contributed by atoms with Crippen LogP contribution in [0.5, 0.6) is 0 Å². The third-order valence-electron chi connectivity index (χ3n) is 4.19. The zero-order valence-electron chi connectivity index (χ0n) is 13.2. The average molecular weight is 316 g/mol. The van der Waals surface area contributed by atoms with Crippen LogP contribution >= 0.6 is 0 Å². The van der Waals surface area contributed by atoms with E-state index in [-0.39, 0.29) is 11.9 Å². The first-order chi connectivity index (χ1) is 11.7. The van der Waals surface area contributed by atoms with Gasteiger partial charge in [0.05, 0.1) is 12.2 Å². The van der Waals surface area contributed by atoms with E-state index >= 15 is 0 Å². The van der Waals surface area contributed by atoms with E-state index in [1.54, 1.807) is 18.5 Å². The Bertz CT molecular complexity index is 1020. The number of fused-ring (bicyclic) bond motifs is 3. The van der Waals surface area contributed by atoms with Crippen LogP contribution in [0.2, 0.25) is 0 Å². The van der Waals surface area contributed by atoms with Gasteiger partial charge in [-0.05, 0) is 36.8 Å². The number of rotatable bonds is 3. The maximum absolute atomic E-state index is 12.5. The maximum atomic E-state index is 12.5. The van der Waals surface area contributed by atoms with Gasteiger partial charge >= 0.3 is 0 Å². The van der Waals surface area contributed by atoms with Crippen molar-refractivity contribution in [3.05, 3.63) is 78.1 Å². The van der Waals surface area contributed by atoms with Gasteiger partial charge in [-0.3, -0.25) is 9.78 Å². The first-order valence-corrected chi connectivity index (χ1v) is 7.84. The summed E-state index contributed by atoms with van der Waals surface area (Å²) in [5.41, 5.74) is 3.07. The second-order valence-corrected chi connectivity index (χ2v) is 5.79. The van der Waals surface area contributed by atoms with Crippen LogP contribution < -0.4 is 5.32 Å². The molecule has 4 rings (SSSR count). The molecular weight excluding hydrogens is 300 g/mol. The van der Waals surface area contributed by atoms with E-state index in [2.05, 4.69) is 10.3 Å². The molecule has 0 aliphatic carbocycles. The summed E-state index contributed by atoms with van der Waals surface area (Å²) >= 11 is 0. The van der Waals surface area contributed by atoms with Gasteiger partial charge in [0.15, 0.2) is 5.58 Å². The number of hydrogen-bond acceptors (Lipinski definition) is 3. The van der Waals surface area contributed by atoms with Gasteiger partial charge < -0.3 is 9.73 Å². The lowest BCUT2D eigenvalue weighted by Gasteiger charge is -2.14. The first-order valence-electron chi connectivity index (χ1n) is 7.84. The summed E-state index contributed by atoms with van der Waals surface area (Å²) < 4.78 is 5.79. The minimum atomic E-state index is -0.119. The smallest absolute Gasteiger partial charge is 0.251 e. The highest BCUT2D eigenvalue weighted by atomic mass is 16.3. The van der Waals surface area contributed by atoms with Crippen LogP contribution in [0.4, 0.5) is 0 Å². The molecule has 0 unspecified atom stereocenters. The highest BCUT2D eigenvalue weighted by Gasteiger charge is 2.14. The van der Waals surface area contributed by atoms with E-state index in [1.807, 2.05) is 55.5 Å². The molecule has 1 N–H and O–H groups in total. The molecule has 1 atom stereocenters. The van der Waals surface area contributed by atoms with Crippen LogP contribution in [-0.4, -0.2) is 10.9 Å². The minimum absolute atomic E-state index is 0.0609. The Kier molecular flexibility index (Phi) is 3.50. The lowest BCUT2D eigenvalue weighted by atomic mass is 10.1. The van der Waals surface area contributed by atoms with E-state index in [9.17, 15) is 4.79 Å². The van der Waals surface area contributed by atoms with Crippen LogP contribution in [-0.2, 0) is 0 Å². The molecule has 0 radical (unpaired) electrons. The van der Waals surface area contributed by atoms with Crippen molar-refractivity contribution >= 4 is 27.8 Å². The summed E-state index contributed by atoms with van der Waals surface area (Å²) in [5, 5.41) is 5.01. The zero-order valence-corrected chi connectivity index (χ0v) is 13.2. The van der Waals surface area contributed by atoms with Gasteiger partial charge in [-0.2, -0.15) is 0 Å². The molecule has 4 aromatic rings. The minimum Gasteiger partial charge on any atom is -0.454 e. The Morgan fingerprint density at radius 3 is 2.67 bits per heavy atom. The van der Waals surface area contributed by atoms with Gasteiger partial charge in [0.2, 0.25) is 0 Å². The van der Waals surface area contributed by atoms with E-state index in [0.717, 1.165) is 21.9 Å². The lowest BCUT2D eigenvalue weighted by Crippen LogP contribution is -2.26. The van der Waals surface area contributed by atoms with Gasteiger partial charge in [0.25, 0.3) is 5.91 Å². The molecule has 2 heterocycles. The van der Waals surface area contributed by atoms with Crippen molar-refractivity contribution < 1.29 is 9.21 Å². The molecule has 1 amide bonds. The van der Waals surface area contributed by atoms with Crippen LogP contribution in [0.1, 0.15) is 28.9 Å². The standard InChI is InChI=1S/C20H16N2O2/c1-13(14-5-3-2-4-6-14)22-20(23)15-7-8-16-17-9-10-21-12-19(17)24-18(16)11-15/h2-13H,1H3,(H,22,23)/t13-/m1/s1. The maximum Gasteiger partial charge on any atom is 0.251 e. The van der Waals surface area contributed by atoms with E-state index in [0.29, 0.717) is 11.1 Å². The largest absolute Gasteiger partial charge is 0.454 e. The Balaban J connectivity index is 1.63. The molecule has 118 valence electrons. The fourth-order valence-electron chi connectivity index (χ4n) is 2.88. The third-order valence-corrected chi connectivity index (χ3v) is 4.19. The summed E-state index contributed by atoms with van der Waals surface area (Å²) in [4.78, 5) is 16.6. The number of nitrogens with one attached hydrogen (secondary N) is 1. The highest BCUT2D eigenvalue weighted by molar-refractivity contribution is 6.07. The van der Waals surface area contributed by atoms with Crippen molar-refractivity contribution in [1.29, 1.82) is 0 Å². The Hall–Kier alpha value is -3.14. The first kappa shape index (κ1) is 14.5. The second kappa shape index (κ2) is 5.81. The van der Waals surface area contributed by atoms with E-state index < -0.39 is 0 Å². The van der Waals surface area contributed by atoms with Crippen molar-refractivity contribution in [2.75, 3.05) is 0 Å². The molecule has 0 saturated carbocycles. The van der Waals surface area contributed by atoms with Crippen molar-refractivity contribution in [2.45, 2.75) is 13.0 Å². The summed E-state index contributed by atoms with van der Waals surface area (Å²) in [6.07, 6.45) is 3.42. The second-order valence-electron chi connectivity index (χ2n) is 5.79. The van der Waals surface area contributed by atoms with Crippen molar-refractivity contribution in [2.24, 2.45) is 0 Å². The van der Waals surface area contributed by atoms with E-state index in [1.165, 1.54) is 0 Å². The molecule has 0 fully saturated rings. The summed E-state index contributed by atoms with van der Waals surface area (Å²) in [7, 11) is 0. The summed E-state index contributed by atoms with van der Waals surface area (Å²) in [6.45, 7) is 1.97. The van der Waals surface area contributed by atoms with Crippen LogP contribution in [0, 0.1) is 0 Å². The molecule has 0 saturated heterocycles. The fraction of sp³-hybridized carbons (Fsp3) is 0.100. The monoisotopic (exact) mass is 316 g/mol. The predicted octanol–water partition coefficient (Wildman–Crippen LogP) is 4.47. The number of hydrogen-bond donors (Lipinski definition) is 1. The Labute approximate surface area is 139 Å². The molecule has 0 aliphatic rings. The van der Waals surface area contributed by atoms with Gasteiger partial charge in [-0.25, -0.2) is 0 Å². The molecule has 0 aliphatic heterocycles.